The van der Waals surface area contributed by atoms with Crippen molar-refractivity contribution in [1.29, 1.82) is 0 Å². The minimum atomic E-state index is -3.55. The number of amides is 2. The normalized spacial score (nSPS) is 17.2. The number of sulfonamides is 1. The van der Waals surface area contributed by atoms with E-state index >= 15 is 0 Å². The van der Waals surface area contributed by atoms with Crippen molar-refractivity contribution in [3.63, 3.8) is 0 Å². The molecule has 1 saturated heterocycles. The lowest BCUT2D eigenvalue weighted by atomic mass is 9.94. The summed E-state index contributed by atoms with van der Waals surface area (Å²) in [5.74, 6) is -0.600. The standard InChI is InChI=1S/C24H22N2O5S/c27-23-20-5-1-3-18-4-2-6-21(22(18)20)24(28)26(23)12-11-17-7-9-19(10-8-17)32(29,30)25-13-15-31-16-14-25/h1-10H,11-16H2. The van der Waals surface area contributed by atoms with Crippen molar-refractivity contribution in [2.24, 2.45) is 0 Å². The van der Waals surface area contributed by atoms with Crippen LogP contribution in [0.1, 0.15) is 26.3 Å². The molecule has 2 aliphatic rings. The Morgan fingerprint density at radius 1 is 0.812 bits per heavy atom. The van der Waals surface area contributed by atoms with Gasteiger partial charge in [-0.05, 0) is 41.6 Å². The average molecular weight is 451 g/mol. The van der Waals surface area contributed by atoms with Gasteiger partial charge in [-0.15, -0.1) is 0 Å². The molecule has 0 saturated carbocycles. The molecule has 1 fully saturated rings. The van der Waals surface area contributed by atoms with Gasteiger partial charge in [0, 0.05) is 36.1 Å². The van der Waals surface area contributed by atoms with Gasteiger partial charge in [0.15, 0.2) is 0 Å². The molecule has 32 heavy (non-hydrogen) atoms. The van der Waals surface area contributed by atoms with Gasteiger partial charge >= 0.3 is 0 Å². The van der Waals surface area contributed by atoms with Crippen LogP contribution >= 0.6 is 0 Å². The molecule has 7 nitrogen and oxygen atoms in total. The fraction of sp³-hybridized carbons (Fsp3) is 0.250. The van der Waals surface area contributed by atoms with Crippen molar-refractivity contribution in [3.05, 3.63) is 77.4 Å². The first-order valence-corrected chi connectivity index (χ1v) is 12.0. The van der Waals surface area contributed by atoms with Crippen LogP contribution in [0.2, 0.25) is 0 Å². The number of morpholine rings is 1. The third kappa shape index (κ3) is 3.50. The zero-order valence-electron chi connectivity index (χ0n) is 17.4. The molecule has 0 spiro atoms. The maximum absolute atomic E-state index is 13.0. The predicted molar refractivity (Wildman–Crippen MR) is 119 cm³/mol. The van der Waals surface area contributed by atoms with E-state index in [4.69, 9.17) is 4.74 Å². The van der Waals surface area contributed by atoms with Gasteiger partial charge in [0.25, 0.3) is 11.8 Å². The maximum Gasteiger partial charge on any atom is 0.261 e. The predicted octanol–water partition coefficient (Wildman–Crippen LogP) is 2.70. The molecule has 0 aliphatic carbocycles. The lowest BCUT2D eigenvalue weighted by Gasteiger charge is -2.27. The molecule has 3 aromatic rings. The summed E-state index contributed by atoms with van der Waals surface area (Å²) in [6.45, 7) is 1.70. The number of carbonyl (C=O) groups is 2. The van der Waals surface area contributed by atoms with Gasteiger partial charge in [-0.2, -0.15) is 4.31 Å². The molecule has 0 unspecified atom stereocenters. The summed E-state index contributed by atoms with van der Waals surface area (Å²) in [5.41, 5.74) is 1.91. The number of rotatable bonds is 5. The molecule has 0 atom stereocenters. The number of imide groups is 1. The highest BCUT2D eigenvalue weighted by molar-refractivity contribution is 7.89. The Hall–Kier alpha value is -3.07. The van der Waals surface area contributed by atoms with E-state index in [1.54, 1.807) is 36.4 Å². The smallest absolute Gasteiger partial charge is 0.261 e. The highest BCUT2D eigenvalue weighted by atomic mass is 32.2. The Labute approximate surface area is 186 Å². The van der Waals surface area contributed by atoms with Gasteiger partial charge in [-0.1, -0.05) is 36.4 Å². The summed E-state index contributed by atoms with van der Waals surface area (Å²) in [7, 11) is -3.55. The van der Waals surface area contributed by atoms with Crippen LogP contribution in [0.15, 0.2) is 65.6 Å². The van der Waals surface area contributed by atoms with Crippen LogP contribution in [0.5, 0.6) is 0 Å². The van der Waals surface area contributed by atoms with E-state index in [1.165, 1.54) is 9.21 Å². The second-order valence-electron chi connectivity index (χ2n) is 7.88. The lowest BCUT2D eigenvalue weighted by Crippen LogP contribution is -2.41. The molecular formula is C24H22N2O5S. The van der Waals surface area contributed by atoms with Crippen molar-refractivity contribution in [2.45, 2.75) is 11.3 Å². The Balaban J connectivity index is 1.33. The summed E-state index contributed by atoms with van der Waals surface area (Å²) < 4.78 is 32.2. The van der Waals surface area contributed by atoms with Gasteiger partial charge in [-0.25, -0.2) is 8.42 Å². The molecule has 3 aromatic carbocycles. The third-order valence-corrected chi connectivity index (χ3v) is 7.92. The Morgan fingerprint density at radius 2 is 1.41 bits per heavy atom. The Bertz CT molecular complexity index is 1260. The molecule has 0 aromatic heterocycles. The molecular weight excluding hydrogens is 428 g/mol. The summed E-state index contributed by atoms with van der Waals surface area (Å²) in [4.78, 5) is 27.5. The highest BCUT2D eigenvalue weighted by Gasteiger charge is 2.32. The Kier molecular flexibility index (Phi) is 5.28. The van der Waals surface area contributed by atoms with Gasteiger partial charge in [-0.3, -0.25) is 14.5 Å². The van der Waals surface area contributed by atoms with Gasteiger partial charge in [0.1, 0.15) is 0 Å². The molecule has 0 radical (unpaired) electrons. The molecule has 0 N–H and O–H groups in total. The number of carbonyl (C=O) groups excluding carboxylic acids is 2. The summed E-state index contributed by atoms with van der Waals surface area (Å²) in [6.07, 6.45) is 0.438. The van der Waals surface area contributed by atoms with Crippen LogP contribution in [-0.4, -0.2) is 62.3 Å². The number of hydrogen-bond donors (Lipinski definition) is 0. The van der Waals surface area contributed by atoms with E-state index in [9.17, 15) is 18.0 Å². The fourth-order valence-electron chi connectivity index (χ4n) is 4.29. The number of ether oxygens (including phenoxy) is 1. The third-order valence-electron chi connectivity index (χ3n) is 6.01. The number of hydrogen-bond acceptors (Lipinski definition) is 5. The zero-order valence-corrected chi connectivity index (χ0v) is 18.2. The van der Waals surface area contributed by atoms with Crippen molar-refractivity contribution in [1.82, 2.24) is 9.21 Å². The van der Waals surface area contributed by atoms with Crippen LogP contribution < -0.4 is 0 Å². The Morgan fingerprint density at radius 3 is 2.00 bits per heavy atom. The van der Waals surface area contributed by atoms with E-state index in [-0.39, 0.29) is 23.3 Å². The lowest BCUT2D eigenvalue weighted by molar-refractivity contribution is 0.0612. The highest BCUT2D eigenvalue weighted by Crippen LogP contribution is 2.30. The quantitative estimate of drug-likeness (QED) is 0.558. The van der Waals surface area contributed by atoms with Gasteiger partial charge in [0.2, 0.25) is 10.0 Å². The van der Waals surface area contributed by atoms with E-state index in [0.717, 1.165) is 10.9 Å². The van der Waals surface area contributed by atoms with Gasteiger partial charge < -0.3 is 4.74 Å². The first-order chi connectivity index (χ1) is 15.5. The average Bonchev–Trinajstić information content (AvgIpc) is 2.83. The second kappa shape index (κ2) is 8.12. The number of benzene rings is 3. The maximum atomic E-state index is 13.0. The van der Waals surface area contributed by atoms with Crippen LogP contribution in [0.25, 0.3) is 10.8 Å². The van der Waals surface area contributed by atoms with Gasteiger partial charge in [0.05, 0.1) is 18.1 Å². The van der Waals surface area contributed by atoms with E-state index in [1.807, 2.05) is 24.3 Å². The fourth-order valence-corrected chi connectivity index (χ4v) is 5.70. The summed E-state index contributed by atoms with van der Waals surface area (Å²) in [5, 5.41) is 1.58. The first-order valence-electron chi connectivity index (χ1n) is 10.5. The largest absolute Gasteiger partial charge is 0.379 e. The molecule has 5 rings (SSSR count). The topological polar surface area (TPSA) is 84.0 Å². The second-order valence-corrected chi connectivity index (χ2v) is 9.82. The molecule has 2 amide bonds. The first kappa shape index (κ1) is 20.8. The summed E-state index contributed by atoms with van der Waals surface area (Å²) in [6, 6.07) is 17.6. The minimum Gasteiger partial charge on any atom is -0.379 e. The monoisotopic (exact) mass is 450 g/mol. The van der Waals surface area contributed by atoms with E-state index in [2.05, 4.69) is 0 Å². The molecule has 2 heterocycles. The van der Waals surface area contributed by atoms with Crippen molar-refractivity contribution >= 4 is 32.6 Å². The van der Waals surface area contributed by atoms with Crippen LogP contribution in [-0.2, 0) is 21.2 Å². The molecule has 164 valence electrons. The molecule has 8 heteroatoms. The van der Waals surface area contributed by atoms with Crippen LogP contribution in [0.4, 0.5) is 0 Å². The SMILES string of the molecule is O=C1c2cccc3cccc(c23)C(=O)N1CCc1ccc(S(=O)(=O)N2CCOCC2)cc1. The van der Waals surface area contributed by atoms with E-state index < -0.39 is 10.0 Å². The minimum absolute atomic E-state index is 0.220. The van der Waals surface area contributed by atoms with Crippen LogP contribution in [0.3, 0.4) is 0 Å². The van der Waals surface area contributed by atoms with Crippen molar-refractivity contribution < 1.29 is 22.7 Å². The molecule has 2 aliphatic heterocycles. The molecule has 0 bridgehead atoms. The van der Waals surface area contributed by atoms with Crippen molar-refractivity contribution in [2.75, 3.05) is 32.8 Å². The zero-order chi connectivity index (χ0) is 22.3. The summed E-state index contributed by atoms with van der Waals surface area (Å²) >= 11 is 0. The van der Waals surface area contributed by atoms with Crippen LogP contribution in [0, 0.1) is 0 Å². The van der Waals surface area contributed by atoms with E-state index in [0.29, 0.717) is 49.2 Å². The number of nitrogens with zero attached hydrogens (tertiary/aromatic N) is 2. The van der Waals surface area contributed by atoms with Crippen molar-refractivity contribution in [3.8, 4) is 0 Å².